The van der Waals surface area contributed by atoms with Crippen LogP contribution in [0, 0.1) is 13.8 Å². The number of nitrogens with zero attached hydrogens (tertiary/aromatic N) is 5. The van der Waals surface area contributed by atoms with Crippen molar-refractivity contribution in [3.8, 4) is 0 Å². The molecule has 0 aliphatic heterocycles. The molecular formula is C15H12ClN5O2. The van der Waals surface area contributed by atoms with Crippen LogP contribution in [0.1, 0.15) is 17.0 Å². The van der Waals surface area contributed by atoms with Crippen molar-refractivity contribution in [3.63, 3.8) is 0 Å². The Balaban J connectivity index is 2.07. The molecule has 0 aliphatic rings. The van der Waals surface area contributed by atoms with E-state index in [4.69, 9.17) is 16.1 Å². The molecule has 8 heteroatoms. The molecule has 0 spiro atoms. The number of rotatable bonds is 2. The molecule has 0 N–H and O–H groups in total. The molecule has 0 unspecified atom stereocenters. The molecule has 0 saturated heterocycles. The van der Waals surface area contributed by atoms with Gasteiger partial charge in [-0.25, -0.2) is 0 Å². The van der Waals surface area contributed by atoms with E-state index in [-0.39, 0.29) is 5.56 Å². The maximum Gasteiger partial charge on any atom is 0.262 e. The van der Waals surface area contributed by atoms with Gasteiger partial charge in [-0.15, -0.1) is 5.10 Å². The number of fused-ring (bicyclic) bond motifs is 3. The van der Waals surface area contributed by atoms with Crippen LogP contribution in [0.25, 0.3) is 16.6 Å². The summed E-state index contributed by atoms with van der Waals surface area (Å²) in [7, 11) is 0. The number of benzene rings is 1. The van der Waals surface area contributed by atoms with Crippen LogP contribution in [0.4, 0.5) is 0 Å². The number of halogens is 1. The van der Waals surface area contributed by atoms with E-state index in [1.807, 2.05) is 13.8 Å². The number of hydrogen-bond donors (Lipinski definition) is 0. The molecule has 23 heavy (non-hydrogen) atoms. The third-order valence-electron chi connectivity index (χ3n) is 3.97. The van der Waals surface area contributed by atoms with Crippen molar-refractivity contribution in [2.75, 3.05) is 0 Å². The molecule has 3 heterocycles. The zero-order chi connectivity index (χ0) is 16.1. The predicted molar refractivity (Wildman–Crippen MR) is 84.8 cm³/mol. The van der Waals surface area contributed by atoms with E-state index >= 15 is 0 Å². The minimum atomic E-state index is -0.155. The summed E-state index contributed by atoms with van der Waals surface area (Å²) in [6.07, 6.45) is 1.56. The fourth-order valence-electron chi connectivity index (χ4n) is 2.74. The largest absolute Gasteiger partial charge is 0.361 e. The standard InChI is InChI=1S/C15H12ClN5O2/c1-8-12(9(2)23-18-8)7-20-14-6-17-19-21(14)13-4-3-10(16)5-11(13)15(20)22/h3-6H,7H2,1-2H3. The van der Waals surface area contributed by atoms with E-state index in [1.54, 1.807) is 33.5 Å². The number of hydrogen-bond acceptors (Lipinski definition) is 5. The molecule has 116 valence electrons. The SMILES string of the molecule is Cc1noc(C)c1Cn1c(=O)c2cc(Cl)ccc2n2nncc12. The highest BCUT2D eigenvalue weighted by molar-refractivity contribution is 6.31. The summed E-state index contributed by atoms with van der Waals surface area (Å²) in [6, 6.07) is 5.13. The molecule has 0 fully saturated rings. The number of aryl methyl sites for hydroxylation is 2. The van der Waals surface area contributed by atoms with Gasteiger partial charge in [0, 0.05) is 10.6 Å². The van der Waals surface area contributed by atoms with Gasteiger partial charge in [-0.2, -0.15) is 4.52 Å². The van der Waals surface area contributed by atoms with Crippen LogP contribution >= 0.6 is 11.6 Å². The zero-order valence-corrected chi connectivity index (χ0v) is 13.2. The van der Waals surface area contributed by atoms with E-state index in [9.17, 15) is 4.79 Å². The molecule has 0 atom stereocenters. The van der Waals surface area contributed by atoms with E-state index in [0.717, 1.165) is 11.3 Å². The Kier molecular flexibility index (Phi) is 2.99. The third-order valence-corrected chi connectivity index (χ3v) is 4.20. The highest BCUT2D eigenvalue weighted by atomic mass is 35.5. The van der Waals surface area contributed by atoms with Crippen LogP contribution in [-0.4, -0.2) is 24.6 Å². The predicted octanol–water partition coefficient (Wildman–Crippen LogP) is 2.35. The average molecular weight is 330 g/mol. The summed E-state index contributed by atoms with van der Waals surface area (Å²) < 4.78 is 8.42. The summed E-state index contributed by atoms with van der Waals surface area (Å²) in [6.45, 7) is 4.00. The molecule has 0 radical (unpaired) electrons. The first-order valence-electron chi connectivity index (χ1n) is 7.00. The Labute approximate surface area is 135 Å². The molecule has 0 bridgehead atoms. The lowest BCUT2D eigenvalue weighted by Crippen LogP contribution is -2.24. The van der Waals surface area contributed by atoms with E-state index < -0.39 is 0 Å². The van der Waals surface area contributed by atoms with E-state index in [1.165, 1.54) is 0 Å². The van der Waals surface area contributed by atoms with Crippen molar-refractivity contribution in [1.29, 1.82) is 0 Å². The second-order valence-corrected chi connectivity index (χ2v) is 5.80. The lowest BCUT2D eigenvalue weighted by molar-refractivity contribution is 0.392. The molecule has 0 amide bonds. The second kappa shape index (κ2) is 4.92. The lowest BCUT2D eigenvalue weighted by atomic mass is 10.2. The van der Waals surface area contributed by atoms with Gasteiger partial charge in [0.15, 0.2) is 5.65 Å². The summed E-state index contributed by atoms with van der Waals surface area (Å²) in [4.78, 5) is 12.9. The monoisotopic (exact) mass is 329 g/mol. The molecule has 1 aromatic carbocycles. The van der Waals surface area contributed by atoms with Gasteiger partial charge in [-0.05, 0) is 32.0 Å². The van der Waals surface area contributed by atoms with Crippen LogP contribution in [0.3, 0.4) is 0 Å². The van der Waals surface area contributed by atoms with Gasteiger partial charge in [-0.1, -0.05) is 22.0 Å². The van der Waals surface area contributed by atoms with Crippen molar-refractivity contribution in [2.45, 2.75) is 20.4 Å². The van der Waals surface area contributed by atoms with E-state index in [2.05, 4.69) is 15.5 Å². The molecule has 4 rings (SSSR count). The molecule has 4 aromatic rings. The van der Waals surface area contributed by atoms with Gasteiger partial charge in [0.2, 0.25) is 0 Å². The topological polar surface area (TPSA) is 78.2 Å². The van der Waals surface area contributed by atoms with Gasteiger partial charge >= 0.3 is 0 Å². The average Bonchev–Trinajstić information content (AvgIpc) is 3.12. The maximum absolute atomic E-state index is 12.9. The van der Waals surface area contributed by atoms with E-state index in [0.29, 0.717) is 33.9 Å². The Hall–Kier alpha value is -2.67. The number of aromatic nitrogens is 5. The van der Waals surface area contributed by atoms with Crippen LogP contribution in [-0.2, 0) is 6.54 Å². The van der Waals surface area contributed by atoms with Crippen molar-refractivity contribution in [1.82, 2.24) is 24.6 Å². The van der Waals surface area contributed by atoms with Crippen molar-refractivity contribution >= 4 is 28.2 Å². The Bertz CT molecular complexity index is 1090. The molecule has 0 saturated carbocycles. The van der Waals surface area contributed by atoms with Gasteiger partial charge in [0.1, 0.15) is 5.76 Å². The normalized spacial score (nSPS) is 11.6. The molecule has 0 aliphatic carbocycles. The van der Waals surface area contributed by atoms with Gasteiger partial charge in [0.05, 0.1) is 29.3 Å². The smallest absolute Gasteiger partial charge is 0.262 e. The summed E-state index contributed by atoms with van der Waals surface area (Å²) in [5.41, 5.74) is 2.74. The summed E-state index contributed by atoms with van der Waals surface area (Å²) >= 11 is 6.04. The highest BCUT2D eigenvalue weighted by Crippen LogP contribution is 2.19. The summed E-state index contributed by atoms with van der Waals surface area (Å²) in [5.74, 6) is 0.686. The van der Waals surface area contributed by atoms with Crippen LogP contribution in [0.15, 0.2) is 33.7 Å². The first kappa shape index (κ1) is 14.0. The minimum Gasteiger partial charge on any atom is -0.361 e. The highest BCUT2D eigenvalue weighted by Gasteiger charge is 2.16. The fourth-order valence-corrected chi connectivity index (χ4v) is 2.91. The minimum absolute atomic E-state index is 0.155. The molecule has 7 nitrogen and oxygen atoms in total. The van der Waals surface area contributed by atoms with Gasteiger partial charge in [0.25, 0.3) is 5.56 Å². The summed E-state index contributed by atoms with van der Waals surface area (Å²) in [5, 5.41) is 12.9. The first-order chi connectivity index (χ1) is 11.1. The fraction of sp³-hybridized carbons (Fsp3) is 0.200. The van der Waals surface area contributed by atoms with Gasteiger partial charge in [-0.3, -0.25) is 9.36 Å². The third kappa shape index (κ3) is 2.04. The maximum atomic E-state index is 12.9. The Morgan fingerprint density at radius 2 is 2.13 bits per heavy atom. The molecular weight excluding hydrogens is 318 g/mol. The lowest BCUT2D eigenvalue weighted by Gasteiger charge is -2.10. The Morgan fingerprint density at radius 3 is 2.87 bits per heavy atom. The zero-order valence-electron chi connectivity index (χ0n) is 12.4. The van der Waals surface area contributed by atoms with Crippen molar-refractivity contribution in [2.24, 2.45) is 0 Å². The van der Waals surface area contributed by atoms with Gasteiger partial charge < -0.3 is 4.52 Å². The first-order valence-corrected chi connectivity index (χ1v) is 7.38. The second-order valence-electron chi connectivity index (χ2n) is 5.36. The quantitative estimate of drug-likeness (QED) is 0.564. The Morgan fingerprint density at radius 1 is 1.30 bits per heavy atom. The molecule has 3 aromatic heterocycles. The van der Waals surface area contributed by atoms with Crippen molar-refractivity contribution < 1.29 is 4.52 Å². The van der Waals surface area contributed by atoms with Crippen LogP contribution in [0.5, 0.6) is 0 Å². The van der Waals surface area contributed by atoms with Crippen LogP contribution in [0.2, 0.25) is 5.02 Å². The van der Waals surface area contributed by atoms with Crippen molar-refractivity contribution in [3.05, 3.63) is 56.8 Å². The van der Waals surface area contributed by atoms with Crippen LogP contribution < -0.4 is 5.56 Å².